The van der Waals surface area contributed by atoms with Crippen LogP contribution in [0.1, 0.15) is 23.6 Å². The molecule has 3 N–H and O–H groups in total. The predicted molar refractivity (Wildman–Crippen MR) is 165 cm³/mol. The monoisotopic (exact) mass is 574 g/mol. The lowest BCUT2D eigenvalue weighted by Gasteiger charge is -2.12. The van der Waals surface area contributed by atoms with Crippen LogP contribution in [0.25, 0.3) is 44.1 Å². The number of nitrogens with two attached hydrogens (primary N) is 1. The van der Waals surface area contributed by atoms with Gasteiger partial charge in [0, 0.05) is 45.8 Å². The number of para-hydroxylation sites is 2. The van der Waals surface area contributed by atoms with E-state index in [1.165, 1.54) is 4.57 Å². The van der Waals surface area contributed by atoms with Crippen LogP contribution in [0.15, 0.2) is 102 Å². The Bertz CT molecular complexity index is 1970. The number of esters is 1. The molecule has 0 unspecified atom stereocenters. The third kappa shape index (κ3) is 5.48. The summed E-state index contributed by atoms with van der Waals surface area (Å²) in [5.41, 5.74) is 13.1. The maximum atomic E-state index is 12.2. The summed E-state index contributed by atoms with van der Waals surface area (Å²) in [7, 11) is 0. The van der Waals surface area contributed by atoms with E-state index in [-0.39, 0.29) is 19.0 Å². The summed E-state index contributed by atoms with van der Waals surface area (Å²) in [5.74, 6) is 0.267. The number of carboxylic acid groups (broad SMARTS) is 1. The molecule has 0 aliphatic heterocycles. The van der Waals surface area contributed by atoms with Gasteiger partial charge in [-0.25, -0.2) is 4.79 Å². The summed E-state index contributed by atoms with van der Waals surface area (Å²) < 4.78 is 18.8. The molecule has 0 spiro atoms. The molecule has 0 saturated heterocycles. The number of furan rings is 1. The minimum Gasteiger partial charge on any atom is -0.488 e. The average Bonchev–Trinajstić information content (AvgIpc) is 3.62. The number of fused-ring (bicyclic) bond motifs is 2. The standard InChI is InChI=1S/C35H30N2O6/c1-2-41-33(38)17-24-9-3-6-13-32(24)42-20-26-21-43-34-28(26)15-25(23-10-7-8-22(14-23)18-36)16-29(34)30-19-37(35(39)40)31-12-5-4-11-27(30)31/h3-16,19,21H,2,17-18,20,36H2,1H3,(H,39,40). The van der Waals surface area contributed by atoms with Crippen molar-refractivity contribution in [1.82, 2.24) is 4.57 Å². The molecule has 0 bridgehead atoms. The number of ether oxygens (including phenoxy) is 2. The molecule has 216 valence electrons. The number of aromatic nitrogens is 1. The fraction of sp³-hybridized carbons (Fsp3) is 0.143. The van der Waals surface area contributed by atoms with Crippen molar-refractivity contribution in [3.05, 3.63) is 114 Å². The lowest BCUT2D eigenvalue weighted by molar-refractivity contribution is -0.142. The van der Waals surface area contributed by atoms with Crippen molar-refractivity contribution < 1.29 is 28.6 Å². The molecule has 0 atom stereocenters. The van der Waals surface area contributed by atoms with E-state index in [2.05, 4.69) is 6.07 Å². The van der Waals surface area contributed by atoms with E-state index in [1.54, 1.807) is 25.5 Å². The fourth-order valence-electron chi connectivity index (χ4n) is 5.41. The fourth-order valence-corrected chi connectivity index (χ4v) is 5.41. The molecule has 4 aromatic carbocycles. The molecule has 0 aliphatic carbocycles. The minimum absolute atomic E-state index is 0.107. The van der Waals surface area contributed by atoms with Crippen molar-refractivity contribution in [3.63, 3.8) is 0 Å². The molecule has 2 heterocycles. The lowest BCUT2D eigenvalue weighted by atomic mass is 9.94. The predicted octanol–water partition coefficient (Wildman–Crippen LogP) is 7.39. The van der Waals surface area contributed by atoms with Crippen molar-refractivity contribution in [2.24, 2.45) is 5.73 Å². The summed E-state index contributed by atoms with van der Waals surface area (Å²) in [5, 5.41) is 11.5. The van der Waals surface area contributed by atoms with Gasteiger partial charge in [0.25, 0.3) is 0 Å². The number of hydrogen-bond donors (Lipinski definition) is 2. The quantitative estimate of drug-likeness (QED) is 0.173. The maximum absolute atomic E-state index is 12.2. The first kappa shape index (κ1) is 27.8. The van der Waals surface area contributed by atoms with E-state index in [0.717, 1.165) is 49.7 Å². The molecular formula is C35H30N2O6. The summed E-state index contributed by atoms with van der Waals surface area (Å²) >= 11 is 0. The summed E-state index contributed by atoms with van der Waals surface area (Å²) in [4.78, 5) is 24.3. The third-order valence-electron chi connectivity index (χ3n) is 7.45. The summed E-state index contributed by atoms with van der Waals surface area (Å²) in [6.45, 7) is 2.69. The highest BCUT2D eigenvalue weighted by Gasteiger charge is 2.21. The molecule has 0 fully saturated rings. The average molecular weight is 575 g/mol. The van der Waals surface area contributed by atoms with E-state index in [9.17, 15) is 14.7 Å². The second-order valence-electron chi connectivity index (χ2n) is 10.2. The molecule has 0 saturated carbocycles. The van der Waals surface area contributed by atoms with Crippen LogP contribution in [-0.2, 0) is 29.1 Å². The smallest absolute Gasteiger partial charge is 0.416 e. The Balaban J connectivity index is 1.47. The van der Waals surface area contributed by atoms with Gasteiger partial charge < -0.3 is 24.7 Å². The van der Waals surface area contributed by atoms with E-state index in [4.69, 9.17) is 19.6 Å². The first-order chi connectivity index (χ1) is 21.0. The van der Waals surface area contributed by atoms with Crippen LogP contribution in [0.5, 0.6) is 5.75 Å². The van der Waals surface area contributed by atoms with Gasteiger partial charge in [0.1, 0.15) is 17.9 Å². The zero-order chi connectivity index (χ0) is 29.9. The van der Waals surface area contributed by atoms with Crippen LogP contribution < -0.4 is 10.5 Å². The van der Waals surface area contributed by atoms with Crippen LogP contribution in [-0.4, -0.2) is 28.3 Å². The van der Waals surface area contributed by atoms with Gasteiger partial charge in [0.15, 0.2) is 0 Å². The van der Waals surface area contributed by atoms with E-state index in [1.807, 2.05) is 72.8 Å². The van der Waals surface area contributed by atoms with Crippen molar-refractivity contribution in [2.45, 2.75) is 26.5 Å². The number of benzene rings is 4. The van der Waals surface area contributed by atoms with Crippen molar-refractivity contribution in [2.75, 3.05) is 6.61 Å². The van der Waals surface area contributed by atoms with Gasteiger partial charge in [-0.05, 0) is 53.9 Å². The van der Waals surface area contributed by atoms with E-state index in [0.29, 0.717) is 30.0 Å². The van der Waals surface area contributed by atoms with Crippen molar-refractivity contribution in [3.8, 4) is 28.0 Å². The van der Waals surface area contributed by atoms with Crippen LogP contribution in [0.4, 0.5) is 4.79 Å². The summed E-state index contributed by atoms with van der Waals surface area (Å²) in [6.07, 6.45) is 2.33. The van der Waals surface area contributed by atoms with Gasteiger partial charge >= 0.3 is 12.1 Å². The highest BCUT2D eigenvalue weighted by molar-refractivity contribution is 6.07. The lowest BCUT2D eigenvalue weighted by Crippen LogP contribution is -2.09. The van der Waals surface area contributed by atoms with Gasteiger partial charge in [-0.3, -0.25) is 9.36 Å². The number of nitrogens with zero attached hydrogens (tertiary/aromatic N) is 1. The SMILES string of the molecule is CCOC(=O)Cc1ccccc1OCc1coc2c(-c3cn(C(=O)O)c4ccccc34)cc(-c3cccc(CN)c3)cc12. The Morgan fingerprint density at radius 2 is 1.70 bits per heavy atom. The molecule has 8 heteroatoms. The first-order valence-corrected chi connectivity index (χ1v) is 14.0. The summed E-state index contributed by atoms with van der Waals surface area (Å²) in [6, 6.07) is 26.9. The van der Waals surface area contributed by atoms with Crippen molar-refractivity contribution in [1.29, 1.82) is 0 Å². The molecule has 6 aromatic rings. The molecule has 0 aliphatic rings. The normalized spacial score (nSPS) is 11.2. The number of hydrogen-bond acceptors (Lipinski definition) is 6. The second-order valence-corrected chi connectivity index (χ2v) is 10.2. The topological polar surface area (TPSA) is 117 Å². The van der Waals surface area contributed by atoms with Crippen LogP contribution in [0, 0.1) is 0 Å². The Morgan fingerprint density at radius 1 is 0.884 bits per heavy atom. The third-order valence-corrected chi connectivity index (χ3v) is 7.45. The van der Waals surface area contributed by atoms with Gasteiger partial charge in [-0.15, -0.1) is 0 Å². The molecule has 8 nitrogen and oxygen atoms in total. The Kier molecular flexibility index (Phi) is 7.68. The van der Waals surface area contributed by atoms with Gasteiger partial charge in [-0.2, -0.15) is 0 Å². The van der Waals surface area contributed by atoms with Crippen LogP contribution in [0.2, 0.25) is 0 Å². The molecule has 0 amide bonds. The highest BCUT2D eigenvalue weighted by atomic mass is 16.5. The van der Waals surface area contributed by atoms with Crippen LogP contribution in [0.3, 0.4) is 0 Å². The second kappa shape index (κ2) is 11.9. The minimum atomic E-state index is -1.07. The Morgan fingerprint density at radius 3 is 2.51 bits per heavy atom. The highest BCUT2D eigenvalue weighted by Crippen LogP contribution is 2.40. The molecule has 2 aromatic heterocycles. The number of rotatable bonds is 9. The van der Waals surface area contributed by atoms with Gasteiger partial charge in [0.05, 0.1) is 24.8 Å². The van der Waals surface area contributed by atoms with E-state index < -0.39 is 6.09 Å². The Hall–Kier alpha value is -5.34. The van der Waals surface area contributed by atoms with Gasteiger partial charge in [0.2, 0.25) is 0 Å². The number of carbonyl (C=O) groups is 2. The molecule has 43 heavy (non-hydrogen) atoms. The van der Waals surface area contributed by atoms with E-state index >= 15 is 0 Å². The zero-order valence-corrected chi connectivity index (χ0v) is 23.6. The van der Waals surface area contributed by atoms with Crippen LogP contribution >= 0.6 is 0 Å². The molecule has 6 rings (SSSR count). The van der Waals surface area contributed by atoms with Crippen molar-refractivity contribution >= 4 is 33.9 Å². The van der Waals surface area contributed by atoms with Gasteiger partial charge in [-0.1, -0.05) is 54.6 Å². The zero-order valence-electron chi connectivity index (χ0n) is 23.6. The largest absolute Gasteiger partial charge is 0.488 e. The first-order valence-electron chi connectivity index (χ1n) is 14.0. The Labute approximate surface area is 247 Å². The maximum Gasteiger partial charge on any atom is 0.416 e. The number of carbonyl (C=O) groups excluding carboxylic acids is 1. The molecule has 0 radical (unpaired) electrons. The molecular weight excluding hydrogens is 544 g/mol.